The molecule has 0 fully saturated rings. The third-order valence-corrected chi connectivity index (χ3v) is 2.43. The summed E-state index contributed by atoms with van der Waals surface area (Å²) in [5.41, 5.74) is 1.09. The van der Waals surface area contributed by atoms with Gasteiger partial charge in [-0.25, -0.2) is 4.79 Å². The van der Waals surface area contributed by atoms with Crippen LogP contribution in [0.15, 0.2) is 24.3 Å². The number of aromatic amines is 1. The van der Waals surface area contributed by atoms with Crippen LogP contribution in [-0.4, -0.2) is 39.2 Å². The zero-order valence-corrected chi connectivity index (χ0v) is 11.2. The summed E-state index contributed by atoms with van der Waals surface area (Å²) in [5.74, 6) is 0.183. The largest absolute Gasteiger partial charge is 0.488 e. The Kier molecular flexibility index (Phi) is 3.99. The minimum Gasteiger partial charge on any atom is -0.488 e. The molecule has 1 aromatic carbocycles. The standard InChI is InChI=1S/C13H15N3O4/c1-7(2)13(18)20-10-5-4-9(19-6-8(3)17)11-12(10)15-16-14-11/h4-5,8,17H,1,6H2,2-3H3,(H,14,15,16). The highest BCUT2D eigenvalue weighted by Crippen LogP contribution is 2.30. The molecule has 0 amide bonds. The molecule has 0 aliphatic heterocycles. The molecule has 0 saturated carbocycles. The predicted molar refractivity (Wildman–Crippen MR) is 71.5 cm³/mol. The van der Waals surface area contributed by atoms with Gasteiger partial charge in [-0.1, -0.05) is 6.58 Å². The summed E-state index contributed by atoms with van der Waals surface area (Å²) in [5, 5.41) is 19.6. The van der Waals surface area contributed by atoms with E-state index < -0.39 is 12.1 Å². The molecule has 2 aromatic rings. The van der Waals surface area contributed by atoms with Crippen LogP contribution in [0.25, 0.3) is 11.0 Å². The van der Waals surface area contributed by atoms with Gasteiger partial charge in [0.15, 0.2) is 16.8 Å². The topological polar surface area (TPSA) is 97.3 Å². The zero-order valence-electron chi connectivity index (χ0n) is 11.2. The van der Waals surface area contributed by atoms with Crippen LogP contribution in [0.5, 0.6) is 11.5 Å². The predicted octanol–water partition coefficient (Wildman–Crippen LogP) is 1.20. The molecule has 0 spiro atoms. The van der Waals surface area contributed by atoms with Gasteiger partial charge in [0.25, 0.3) is 0 Å². The molecule has 1 aromatic heterocycles. The Labute approximate surface area is 115 Å². The number of nitrogens with one attached hydrogen (secondary N) is 1. The van der Waals surface area contributed by atoms with Gasteiger partial charge in [0.2, 0.25) is 0 Å². The van der Waals surface area contributed by atoms with Crippen molar-refractivity contribution >= 4 is 17.0 Å². The molecule has 1 unspecified atom stereocenters. The fraction of sp³-hybridized carbons (Fsp3) is 0.308. The first-order chi connectivity index (χ1) is 9.49. The SMILES string of the molecule is C=C(C)C(=O)Oc1ccc(OCC(C)O)c2n[nH]nc12. The maximum absolute atomic E-state index is 11.5. The van der Waals surface area contributed by atoms with E-state index in [2.05, 4.69) is 22.0 Å². The quantitative estimate of drug-likeness (QED) is 0.484. The van der Waals surface area contributed by atoms with Crippen molar-refractivity contribution in [1.82, 2.24) is 15.4 Å². The number of aromatic nitrogens is 3. The number of ether oxygens (including phenoxy) is 2. The second-order valence-corrected chi connectivity index (χ2v) is 4.41. The van der Waals surface area contributed by atoms with E-state index in [1.165, 1.54) is 0 Å². The van der Waals surface area contributed by atoms with E-state index in [-0.39, 0.29) is 17.9 Å². The van der Waals surface area contributed by atoms with Crippen molar-refractivity contribution in [3.05, 3.63) is 24.3 Å². The van der Waals surface area contributed by atoms with Crippen molar-refractivity contribution in [3.63, 3.8) is 0 Å². The fourth-order valence-electron chi connectivity index (χ4n) is 1.48. The first-order valence-electron chi connectivity index (χ1n) is 6.01. The molecule has 0 bridgehead atoms. The van der Waals surface area contributed by atoms with Crippen molar-refractivity contribution in [2.24, 2.45) is 0 Å². The number of nitrogens with zero attached hydrogens (tertiary/aromatic N) is 2. The monoisotopic (exact) mass is 277 g/mol. The van der Waals surface area contributed by atoms with E-state index in [1.54, 1.807) is 26.0 Å². The van der Waals surface area contributed by atoms with Crippen LogP contribution in [0, 0.1) is 0 Å². The Morgan fingerprint density at radius 2 is 2.00 bits per heavy atom. The van der Waals surface area contributed by atoms with Crippen molar-refractivity contribution < 1.29 is 19.4 Å². The highest BCUT2D eigenvalue weighted by Gasteiger charge is 2.15. The van der Waals surface area contributed by atoms with Crippen LogP contribution in [-0.2, 0) is 4.79 Å². The highest BCUT2D eigenvalue weighted by atomic mass is 16.5. The highest BCUT2D eigenvalue weighted by molar-refractivity contribution is 5.93. The summed E-state index contributed by atoms with van der Waals surface area (Å²) < 4.78 is 10.6. The number of carbonyl (C=O) groups excluding carboxylic acids is 1. The number of aliphatic hydroxyl groups is 1. The average Bonchev–Trinajstić information content (AvgIpc) is 2.87. The molecule has 0 aliphatic rings. The van der Waals surface area contributed by atoms with E-state index in [4.69, 9.17) is 9.47 Å². The van der Waals surface area contributed by atoms with Gasteiger partial charge in [0, 0.05) is 5.57 Å². The number of benzene rings is 1. The van der Waals surface area contributed by atoms with E-state index >= 15 is 0 Å². The first-order valence-corrected chi connectivity index (χ1v) is 6.01. The molecule has 20 heavy (non-hydrogen) atoms. The van der Waals surface area contributed by atoms with Crippen LogP contribution in [0.1, 0.15) is 13.8 Å². The molecule has 1 heterocycles. The van der Waals surface area contributed by atoms with Crippen molar-refractivity contribution in [1.29, 1.82) is 0 Å². The van der Waals surface area contributed by atoms with Crippen LogP contribution < -0.4 is 9.47 Å². The molecule has 2 rings (SSSR count). The van der Waals surface area contributed by atoms with Crippen molar-refractivity contribution in [3.8, 4) is 11.5 Å². The summed E-state index contributed by atoms with van der Waals surface area (Å²) >= 11 is 0. The van der Waals surface area contributed by atoms with Gasteiger partial charge in [-0.05, 0) is 26.0 Å². The molecule has 0 aliphatic carbocycles. The number of hydrogen-bond acceptors (Lipinski definition) is 6. The number of carbonyl (C=O) groups is 1. The lowest BCUT2D eigenvalue weighted by molar-refractivity contribution is -0.130. The molecule has 7 heteroatoms. The molecule has 106 valence electrons. The van der Waals surface area contributed by atoms with Crippen LogP contribution in [0.2, 0.25) is 0 Å². The van der Waals surface area contributed by atoms with E-state index in [0.717, 1.165) is 0 Å². The Hall–Kier alpha value is -2.41. The number of esters is 1. The van der Waals surface area contributed by atoms with Crippen molar-refractivity contribution in [2.75, 3.05) is 6.61 Å². The van der Waals surface area contributed by atoms with Gasteiger partial charge in [-0.2, -0.15) is 15.4 Å². The number of fused-ring (bicyclic) bond motifs is 1. The normalized spacial score (nSPS) is 12.2. The number of aliphatic hydroxyl groups excluding tert-OH is 1. The average molecular weight is 277 g/mol. The van der Waals surface area contributed by atoms with Gasteiger partial charge >= 0.3 is 5.97 Å². The third kappa shape index (κ3) is 2.94. The summed E-state index contributed by atoms with van der Waals surface area (Å²) in [6.45, 7) is 6.82. The maximum atomic E-state index is 11.5. The molecule has 0 saturated heterocycles. The summed E-state index contributed by atoms with van der Waals surface area (Å²) in [4.78, 5) is 11.5. The lowest BCUT2D eigenvalue weighted by Crippen LogP contribution is -2.13. The molecule has 0 radical (unpaired) electrons. The van der Waals surface area contributed by atoms with Crippen molar-refractivity contribution in [2.45, 2.75) is 20.0 Å². The minimum atomic E-state index is -0.599. The van der Waals surface area contributed by atoms with Crippen LogP contribution >= 0.6 is 0 Å². The Morgan fingerprint density at radius 3 is 2.60 bits per heavy atom. The summed E-state index contributed by atoms with van der Waals surface area (Å²) in [7, 11) is 0. The zero-order chi connectivity index (χ0) is 14.7. The van der Waals surface area contributed by atoms with Crippen LogP contribution in [0.3, 0.4) is 0 Å². The smallest absolute Gasteiger partial charge is 0.338 e. The number of rotatable bonds is 5. The lowest BCUT2D eigenvalue weighted by atomic mass is 10.2. The summed E-state index contributed by atoms with van der Waals surface area (Å²) in [6, 6.07) is 3.16. The van der Waals surface area contributed by atoms with Gasteiger partial charge in [0.1, 0.15) is 12.4 Å². The van der Waals surface area contributed by atoms with Gasteiger partial charge in [0.05, 0.1) is 6.10 Å². The number of H-pyrrole nitrogens is 1. The Morgan fingerprint density at radius 1 is 1.40 bits per heavy atom. The van der Waals surface area contributed by atoms with E-state index in [0.29, 0.717) is 16.8 Å². The Balaban J connectivity index is 2.31. The van der Waals surface area contributed by atoms with E-state index in [1.807, 2.05) is 0 Å². The van der Waals surface area contributed by atoms with E-state index in [9.17, 15) is 9.90 Å². The molecule has 7 nitrogen and oxygen atoms in total. The summed E-state index contributed by atoms with van der Waals surface area (Å²) in [6.07, 6.45) is -0.599. The van der Waals surface area contributed by atoms with Gasteiger partial charge < -0.3 is 14.6 Å². The third-order valence-electron chi connectivity index (χ3n) is 2.43. The second-order valence-electron chi connectivity index (χ2n) is 4.41. The fourth-order valence-corrected chi connectivity index (χ4v) is 1.48. The molecule has 2 N–H and O–H groups in total. The lowest BCUT2D eigenvalue weighted by Gasteiger charge is -2.09. The molecule has 1 atom stereocenters. The first kappa shape index (κ1) is 14.0. The number of hydrogen-bond donors (Lipinski definition) is 2. The molecular formula is C13H15N3O4. The minimum absolute atomic E-state index is 0.132. The van der Waals surface area contributed by atoms with Crippen LogP contribution in [0.4, 0.5) is 0 Å². The molecular weight excluding hydrogens is 262 g/mol. The second kappa shape index (κ2) is 5.70. The Bertz CT molecular complexity index is 648. The van der Waals surface area contributed by atoms with Gasteiger partial charge in [-0.15, -0.1) is 0 Å². The maximum Gasteiger partial charge on any atom is 0.338 e. The van der Waals surface area contributed by atoms with Gasteiger partial charge in [-0.3, -0.25) is 0 Å².